The van der Waals surface area contributed by atoms with Crippen LogP contribution in [-0.4, -0.2) is 18.5 Å². The van der Waals surface area contributed by atoms with Gasteiger partial charge in [0.2, 0.25) is 5.90 Å². The lowest BCUT2D eigenvalue weighted by Crippen LogP contribution is -2.10. The van der Waals surface area contributed by atoms with E-state index >= 15 is 0 Å². The smallest absolute Gasteiger partial charge is 0.387 e. The van der Waals surface area contributed by atoms with Crippen molar-refractivity contribution in [2.24, 2.45) is 10.9 Å². The Hall–Kier alpha value is -2.96. The third-order valence-corrected chi connectivity index (χ3v) is 4.36. The van der Waals surface area contributed by atoms with E-state index in [0.717, 1.165) is 12.2 Å². The van der Waals surface area contributed by atoms with E-state index in [1.54, 1.807) is 18.2 Å². The third-order valence-electron chi connectivity index (χ3n) is 4.36. The molecule has 0 amide bonds. The number of carbonyl (C=O) groups is 1. The molecule has 1 aliphatic heterocycles. The second-order valence-corrected chi connectivity index (χ2v) is 6.27. The number of ether oxygens (including phenoxy) is 2. The van der Waals surface area contributed by atoms with Crippen molar-refractivity contribution in [2.45, 2.75) is 25.9 Å². The lowest BCUT2D eigenvalue weighted by atomic mass is 10.2. The van der Waals surface area contributed by atoms with E-state index in [2.05, 4.69) is 16.7 Å². The Morgan fingerprint density at radius 1 is 1.27 bits per heavy atom. The van der Waals surface area contributed by atoms with Crippen molar-refractivity contribution in [3.05, 3.63) is 59.2 Å². The Morgan fingerprint density at radius 3 is 2.77 bits per heavy atom. The molecule has 1 aliphatic carbocycles. The summed E-state index contributed by atoms with van der Waals surface area (Å²) in [5.74, 6) is 1.54. The Bertz CT molecular complexity index is 916. The number of alkyl halides is 2. The van der Waals surface area contributed by atoms with E-state index in [0.29, 0.717) is 17.6 Å². The second kappa shape index (κ2) is 6.40. The van der Waals surface area contributed by atoms with Gasteiger partial charge in [0.25, 0.3) is 0 Å². The molecule has 2 heterocycles. The fourth-order valence-electron chi connectivity index (χ4n) is 2.86. The first-order valence-electron chi connectivity index (χ1n) is 8.18. The summed E-state index contributed by atoms with van der Waals surface area (Å²) in [6, 6.07) is 9.65. The number of benzene rings is 1. The molecule has 2 aliphatic rings. The van der Waals surface area contributed by atoms with Gasteiger partial charge >= 0.3 is 12.6 Å². The molecule has 2 aromatic rings. The maximum Gasteiger partial charge on any atom is 0.387 e. The van der Waals surface area contributed by atoms with Crippen molar-refractivity contribution in [3.8, 4) is 5.75 Å². The van der Waals surface area contributed by atoms with Gasteiger partial charge in [0.1, 0.15) is 17.3 Å². The first-order valence-corrected chi connectivity index (χ1v) is 8.18. The highest BCUT2D eigenvalue weighted by molar-refractivity contribution is 6.13. The third kappa shape index (κ3) is 3.24. The zero-order valence-electron chi connectivity index (χ0n) is 13.8. The standard InChI is InChI=1S/C19H15F2NO4/c1-10-8-13(10)16-7-6-11(24-16)9-14-18(23)26-17(22-14)12-4-2-3-5-15(12)25-19(20)21/h2-7,9-10,13,19H,8H2,1H3/b14-9-/t10-,13-/m0/s1. The van der Waals surface area contributed by atoms with E-state index in [1.807, 2.05) is 6.07 Å². The van der Waals surface area contributed by atoms with Gasteiger partial charge in [0, 0.05) is 12.0 Å². The van der Waals surface area contributed by atoms with Crippen LogP contribution in [0.1, 0.15) is 36.3 Å². The number of hydrogen-bond acceptors (Lipinski definition) is 5. The average molecular weight is 359 g/mol. The van der Waals surface area contributed by atoms with Crippen molar-refractivity contribution in [2.75, 3.05) is 0 Å². The van der Waals surface area contributed by atoms with Crippen LogP contribution in [0.15, 0.2) is 51.5 Å². The summed E-state index contributed by atoms with van der Waals surface area (Å²) in [7, 11) is 0. The summed E-state index contributed by atoms with van der Waals surface area (Å²) < 4.78 is 40.4. The van der Waals surface area contributed by atoms with Crippen LogP contribution in [0.2, 0.25) is 0 Å². The minimum atomic E-state index is -2.99. The highest BCUT2D eigenvalue weighted by atomic mass is 19.3. The van der Waals surface area contributed by atoms with Gasteiger partial charge in [-0.2, -0.15) is 8.78 Å². The highest BCUT2D eigenvalue weighted by Crippen LogP contribution is 2.47. The molecule has 0 saturated heterocycles. The molecule has 0 bridgehead atoms. The van der Waals surface area contributed by atoms with Crippen LogP contribution < -0.4 is 4.74 Å². The summed E-state index contributed by atoms with van der Waals surface area (Å²) >= 11 is 0. The number of hydrogen-bond donors (Lipinski definition) is 0. The van der Waals surface area contributed by atoms with Crippen LogP contribution in [0, 0.1) is 5.92 Å². The minimum absolute atomic E-state index is 0.0385. The number of para-hydroxylation sites is 1. The minimum Gasteiger partial charge on any atom is -0.461 e. The monoisotopic (exact) mass is 359 g/mol. The highest BCUT2D eigenvalue weighted by Gasteiger charge is 2.36. The van der Waals surface area contributed by atoms with Gasteiger partial charge in [-0.3, -0.25) is 0 Å². The lowest BCUT2D eigenvalue weighted by molar-refractivity contribution is -0.129. The van der Waals surface area contributed by atoms with Crippen LogP contribution in [-0.2, 0) is 9.53 Å². The molecule has 1 saturated carbocycles. The zero-order valence-corrected chi connectivity index (χ0v) is 13.8. The number of esters is 1. The summed E-state index contributed by atoms with van der Waals surface area (Å²) in [5, 5.41) is 0. The summed E-state index contributed by atoms with van der Waals surface area (Å²) in [4.78, 5) is 16.2. The van der Waals surface area contributed by atoms with Gasteiger partial charge < -0.3 is 13.9 Å². The topological polar surface area (TPSA) is 61.0 Å². The molecule has 2 atom stereocenters. The predicted molar refractivity (Wildman–Crippen MR) is 88.9 cm³/mol. The van der Waals surface area contributed by atoms with Crippen LogP contribution in [0.25, 0.3) is 6.08 Å². The molecule has 0 unspecified atom stereocenters. The van der Waals surface area contributed by atoms with E-state index in [4.69, 9.17) is 9.15 Å². The van der Waals surface area contributed by atoms with Crippen molar-refractivity contribution in [1.29, 1.82) is 0 Å². The molecule has 5 nitrogen and oxygen atoms in total. The van der Waals surface area contributed by atoms with Crippen molar-refractivity contribution in [3.63, 3.8) is 0 Å². The number of halogens is 2. The first-order chi connectivity index (χ1) is 12.5. The molecular formula is C19H15F2NO4. The summed E-state index contributed by atoms with van der Waals surface area (Å²) in [6.45, 7) is -0.843. The van der Waals surface area contributed by atoms with Gasteiger partial charge in [-0.25, -0.2) is 9.79 Å². The van der Waals surface area contributed by atoms with E-state index < -0.39 is 12.6 Å². The van der Waals surface area contributed by atoms with Crippen molar-refractivity contribution < 1.29 is 27.5 Å². The fraction of sp³-hybridized carbons (Fsp3) is 0.263. The Labute approximate surface area is 147 Å². The largest absolute Gasteiger partial charge is 0.461 e. The molecule has 0 radical (unpaired) electrons. The Kier molecular flexibility index (Phi) is 4.06. The van der Waals surface area contributed by atoms with Gasteiger partial charge in [-0.1, -0.05) is 19.1 Å². The number of carbonyl (C=O) groups excluding carboxylic acids is 1. The Morgan fingerprint density at radius 2 is 2.04 bits per heavy atom. The molecule has 1 aromatic carbocycles. The molecule has 1 aromatic heterocycles. The van der Waals surface area contributed by atoms with Crippen molar-refractivity contribution in [1.82, 2.24) is 0 Å². The van der Waals surface area contributed by atoms with Crippen molar-refractivity contribution >= 4 is 17.9 Å². The van der Waals surface area contributed by atoms with E-state index in [9.17, 15) is 13.6 Å². The summed E-state index contributed by atoms with van der Waals surface area (Å²) in [5.41, 5.74) is 0.216. The molecular weight excluding hydrogens is 344 g/mol. The van der Waals surface area contributed by atoms with Crippen LogP contribution in [0.3, 0.4) is 0 Å². The molecule has 4 rings (SSSR count). The first kappa shape index (κ1) is 16.5. The van der Waals surface area contributed by atoms with Gasteiger partial charge in [-0.15, -0.1) is 0 Å². The van der Waals surface area contributed by atoms with Gasteiger partial charge in [0.05, 0.1) is 5.56 Å². The quantitative estimate of drug-likeness (QED) is 0.588. The maximum absolute atomic E-state index is 12.5. The molecule has 134 valence electrons. The van der Waals surface area contributed by atoms with Crippen LogP contribution >= 0.6 is 0 Å². The SMILES string of the molecule is C[C@H]1C[C@@H]1c1ccc(/C=C2\N=C(c3ccccc3OC(F)F)OC2=O)o1. The number of nitrogens with zero attached hydrogens (tertiary/aromatic N) is 1. The number of aliphatic imine (C=N–C) groups is 1. The van der Waals surface area contributed by atoms with Crippen LogP contribution in [0.5, 0.6) is 5.75 Å². The predicted octanol–water partition coefficient (Wildman–Crippen LogP) is 4.35. The zero-order chi connectivity index (χ0) is 18.3. The molecule has 0 spiro atoms. The van der Waals surface area contributed by atoms with E-state index in [1.165, 1.54) is 18.2 Å². The Balaban J connectivity index is 1.61. The normalized spacial score (nSPS) is 23.3. The van der Waals surface area contributed by atoms with Gasteiger partial charge in [-0.05, 0) is 36.6 Å². The number of cyclic esters (lactones) is 1. The molecule has 1 fully saturated rings. The lowest BCUT2D eigenvalue weighted by Gasteiger charge is -2.08. The maximum atomic E-state index is 12.5. The number of furan rings is 1. The van der Waals surface area contributed by atoms with Gasteiger partial charge in [0.15, 0.2) is 5.70 Å². The molecule has 7 heteroatoms. The fourth-order valence-corrected chi connectivity index (χ4v) is 2.86. The molecule has 0 N–H and O–H groups in total. The van der Waals surface area contributed by atoms with Crippen LogP contribution in [0.4, 0.5) is 8.78 Å². The number of rotatable bonds is 5. The van der Waals surface area contributed by atoms with E-state index in [-0.39, 0.29) is 22.9 Å². The second-order valence-electron chi connectivity index (χ2n) is 6.27. The average Bonchev–Trinajstić information content (AvgIpc) is 3.00. The summed E-state index contributed by atoms with van der Waals surface area (Å²) in [6.07, 6.45) is 2.57. The molecule has 26 heavy (non-hydrogen) atoms.